The number of aromatic nitrogens is 2. The minimum absolute atomic E-state index is 0.326. The fourth-order valence-corrected chi connectivity index (χ4v) is 2.90. The van der Waals surface area contributed by atoms with Crippen LogP contribution < -0.4 is 15.8 Å². The van der Waals surface area contributed by atoms with Crippen molar-refractivity contribution in [2.45, 2.75) is 0 Å². The molecule has 0 aliphatic carbocycles. The van der Waals surface area contributed by atoms with Gasteiger partial charge in [0.2, 0.25) is 0 Å². The number of pyridine rings is 1. The fraction of sp³-hybridized carbons (Fsp3) is 0.105. The van der Waals surface area contributed by atoms with Crippen LogP contribution in [0.1, 0.15) is 10.4 Å². The number of nitrogens with zero attached hydrogens (tertiary/aromatic N) is 2. The summed E-state index contributed by atoms with van der Waals surface area (Å²) in [5.74, 6) is -0.346. The first-order valence-corrected chi connectivity index (χ1v) is 7.91. The lowest BCUT2D eigenvalue weighted by Crippen LogP contribution is -2.14. The Hall–Kier alpha value is -3.61. The maximum absolute atomic E-state index is 12.7. The van der Waals surface area contributed by atoms with Crippen molar-refractivity contribution in [3.63, 3.8) is 0 Å². The van der Waals surface area contributed by atoms with E-state index >= 15 is 0 Å². The van der Waals surface area contributed by atoms with Crippen molar-refractivity contribution in [1.29, 1.82) is 0 Å². The van der Waals surface area contributed by atoms with Crippen LogP contribution in [-0.2, 0) is 7.05 Å². The van der Waals surface area contributed by atoms with Crippen LogP contribution in [-0.4, -0.2) is 22.6 Å². The SMILES string of the molecule is COc1c(C(=O)Nc2ccc3oc(=O)n(C)c3c2)cnc2ccccc12. The Morgan fingerprint density at radius 1 is 1.23 bits per heavy atom. The highest BCUT2D eigenvalue weighted by atomic mass is 16.5. The molecule has 2 heterocycles. The first-order valence-electron chi connectivity index (χ1n) is 7.91. The number of fused-ring (bicyclic) bond motifs is 2. The molecular weight excluding hydrogens is 334 g/mol. The number of para-hydroxylation sites is 1. The number of carbonyl (C=O) groups is 1. The fourth-order valence-electron chi connectivity index (χ4n) is 2.90. The molecule has 4 rings (SSSR count). The van der Waals surface area contributed by atoms with Gasteiger partial charge in [-0.2, -0.15) is 0 Å². The van der Waals surface area contributed by atoms with Gasteiger partial charge in [-0.25, -0.2) is 4.79 Å². The molecule has 0 unspecified atom stereocenters. The number of hydrogen-bond donors (Lipinski definition) is 1. The van der Waals surface area contributed by atoms with E-state index < -0.39 is 5.76 Å². The molecule has 4 aromatic rings. The number of oxazole rings is 1. The molecule has 130 valence electrons. The molecule has 1 N–H and O–H groups in total. The van der Waals surface area contributed by atoms with Crippen LogP contribution in [0.15, 0.2) is 57.9 Å². The van der Waals surface area contributed by atoms with Crippen LogP contribution in [0.5, 0.6) is 5.75 Å². The summed E-state index contributed by atoms with van der Waals surface area (Å²) >= 11 is 0. The Kier molecular flexibility index (Phi) is 3.69. The van der Waals surface area contributed by atoms with Crippen LogP contribution in [0.4, 0.5) is 5.69 Å². The third-order valence-corrected chi connectivity index (χ3v) is 4.22. The highest BCUT2D eigenvalue weighted by Gasteiger charge is 2.17. The smallest absolute Gasteiger partial charge is 0.419 e. The average Bonchev–Trinajstić information content (AvgIpc) is 2.94. The second-order valence-corrected chi connectivity index (χ2v) is 5.79. The number of amides is 1. The molecule has 0 saturated carbocycles. The second kappa shape index (κ2) is 6.03. The van der Waals surface area contributed by atoms with E-state index in [1.54, 1.807) is 25.2 Å². The van der Waals surface area contributed by atoms with Gasteiger partial charge < -0.3 is 14.5 Å². The first kappa shape index (κ1) is 15.9. The molecule has 0 saturated heterocycles. The molecule has 0 spiro atoms. The van der Waals surface area contributed by atoms with Crippen LogP contribution in [0.25, 0.3) is 22.0 Å². The first-order chi connectivity index (χ1) is 12.6. The van der Waals surface area contributed by atoms with Gasteiger partial charge in [0.05, 0.1) is 18.1 Å². The number of anilines is 1. The van der Waals surface area contributed by atoms with Crippen molar-refractivity contribution in [3.05, 3.63) is 64.8 Å². The number of rotatable bonds is 3. The monoisotopic (exact) mass is 349 g/mol. The summed E-state index contributed by atoms with van der Waals surface area (Å²) in [7, 11) is 3.13. The van der Waals surface area contributed by atoms with Crippen molar-refractivity contribution in [3.8, 4) is 5.75 Å². The van der Waals surface area contributed by atoms with E-state index in [-0.39, 0.29) is 5.91 Å². The van der Waals surface area contributed by atoms with Crippen molar-refractivity contribution >= 4 is 33.6 Å². The maximum Gasteiger partial charge on any atom is 0.419 e. The summed E-state index contributed by atoms with van der Waals surface area (Å²) in [6.45, 7) is 0. The Morgan fingerprint density at radius 2 is 2.04 bits per heavy atom. The summed E-state index contributed by atoms with van der Waals surface area (Å²) < 4.78 is 11.9. The predicted octanol–water partition coefficient (Wildman–Crippen LogP) is 2.94. The molecule has 2 aromatic carbocycles. The van der Waals surface area contributed by atoms with Gasteiger partial charge >= 0.3 is 5.76 Å². The molecule has 0 aliphatic rings. The molecule has 1 amide bonds. The molecule has 0 atom stereocenters. The molecule has 0 radical (unpaired) electrons. The summed E-state index contributed by atoms with van der Waals surface area (Å²) in [6, 6.07) is 12.4. The summed E-state index contributed by atoms with van der Waals surface area (Å²) in [5, 5.41) is 3.57. The van der Waals surface area contributed by atoms with Crippen LogP contribution in [0.2, 0.25) is 0 Å². The van der Waals surface area contributed by atoms with Crippen molar-refractivity contribution in [2.75, 3.05) is 12.4 Å². The van der Waals surface area contributed by atoms with Crippen molar-refractivity contribution in [2.24, 2.45) is 7.05 Å². The third kappa shape index (κ3) is 2.50. The zero-order valence-electron chi connectivity index (χ0n) is 14.1. The number of carbonyl (C=O) groups excluding carboxylic acids is 1. The normalized spacial score (nSPS) is 11.0. The van der Waals surface area contributed by atoms with E-state index in [1.807, 2.05) is 24.3 Å². The maximum atomic E-state index is 12.7. The van der Waals surface area contributed by atoms with Crippen LogP contribution in [0, 0.1) is 0 Å². The minimum Gasteiger partial charge on any atom is -0.495 e. The van der Waals surface area contributed by atoms with E-state index in [1.165, 1.54) is 17.9 Å². The molecular formula is C19H15N3O4. The van der Waals surface area contributed by atoms with E-state index in [2.05, 4.69) is 10.3 Å². The van der Waals surface area contributed by atoms with Gasteiger partial charge in [0.15, 0.2) is 5.58 Å². The Bertz CT molecular complexity index is 1210. The largest absolute Gasteiger partial charge is 0.495 e. The van der Waals surface area contributed by atoms with Crippen LogP contribution in [0.3, 0.4) is 0 Å². The van der Waals surface area contributed by atoms with Gasteiger partial charge in [-0.3, -0.25) is 14.3 Å². The van der Waals surface area contributed by atoms with Gasteiger partial charge in [0.25, 0.3) is 5.91 Å². The standard InChI is InChI=1S/C19H15N3O4/c1-22-15-9-11(7-8-16(15)26-19(22)24)21-18(23)13-10-20-14-6-4-3-5-12(14)17(13)25-2/h3-10H,1-2H3,(H,21,23). The quantitative estimate of drug-likeness (QED) is 0.614. The Labute approximate surface area is 147 Å². The predicted molar refractivity (Wildman–Crippen MR) is 97.7 cm³/mol. The molecule has 7 heteroatoms. The zero-order valence-corrected chi connectivity index (χ0v) is 14.1. The zero-order chi connectivity index (χ0) is 18.3. The second-order valence-electron chi connectivity index (χ2n) is 5.79. The van der Waals surface area contributed by atoms with Crippen molar-refractivity contribution < 1.29 is 13.9 Å². The minimum atomic E-state index is -0.455. The average molecular weight is 349 g/mol. The lowest BCUT2D eigenvalue weighted by atomic mass is 10.1. The number of nitrogens with one attached hydrogen (secondary N) is 1. The van der Waals surface area contributed by atoms with Crippen molar-refractivity contribution in [1.82, 2.24) is 9.55 Å². The molecule has 0 aliphatic heterocycles. The molecule has 2 aromatic heterocycles. The third-order valence-electron chi connectivity index (χ3n) is 4.22. The Balaban J connectivity index is 1.73. The number of methoxy groups -OCH3 is 1. The van der Waals surface area contributed by atoms with E-state index in [9.17, 15) is 9.59 Å². The summed E-state index contributed by atoms with van der Waals surface area (Å²) in [4.78, 5) is 28.6. The number of benzene rings is 2. The van der Waals surface area contributed by atoms with E-state index in [0.29, 0.717) is 28.1 Å². The van der Waals surface area contributed by atoms with E-state index in [4.69, 9.17) is 9.15 Å². The lowest BCUT2D eigenvalue weighted by Gasteiger charge is -2.11. The Morgan fingerprint density at radius 3 is 2.85 bits per heavy atom. The molecule has 0 fully saturated rings. The molecule has 0 bridgehead atoms. The van der Waals surface area contributed by atoms with E-state index in [0.717, 1.165) is 10.9 Å². The number of aryl methyl sites for hydroxylation is 1. The summed E-state index contributed by atoms with van der Waals surface area (Å²) in [5.41, 5.74) is 2.66. The topological polar surface area (TPSA) is 86.4 Å². The van der Waals surface area contributed by atoms with Gasteiger partial charge in [-0.15, -0.1) is 0 Å². The number of hydrogen-bond acceptors (Lipinski definition) is 5. The van der Waals surface area contributed by atoms with Gasteiger partial charge in [0, 0.05) is 24.3 Å². The highest BCUT2D eigenvalue weighted by Crippen LogP contribution is 2.29. The number of ether oxygens (including phenoxy) is 1. The molecule has 7 nitrogen and oxygen atoms in total. The van der Waals surface area contributed by atoms with Gasteiger partial charge in [0.1, 0.15) is 11.3 Å². The van der Waals surface area contributed by atoms with Gasteiger partial charge in [-0.1, -0.05) is 12.1 Å². The highest BCUT2D eigenvalue weighted by molar-refractivity contribution is 6.09. The molecule has 26 heavy (non-hydrogen) atoms. The van der Waals surface area contributed by atoms with Gasteiger partial charge in [-0.05, 0) is 30.3 Å². The summed E-state index contributed by atoms with van der Waals surface area (Å²) in [6.07, 6.45) is 1.49. The van der Waals surface area contributed by atoms with Crippen LogP contribution >= 0.6 is 0 Å². The lowest BCUT2D eigenvalue weighted by molar-refractivity contribution is 0.102.